The smallest absolute Gasteiger partial charge is 0.220 e. The molecule has 18 heavy (non-hydrogen) atoms. The summed E-state index contributed by atoms with van der Waals surface area (Å²) in [6.45, 7) is 2.41. The van der Waals surface area contributed by atoms with Crippen molar-refractivity contribution < 1.29 is 9.90 Å². The number of thiophene rings is 1. The average molecular weight is 268 g/mol. The highest BCUT2D eigenvalue weighted by atomic mass is 32.1. The molecule has 1 aromatic heterocycles. The second kappa shape index (κ2) is 6.87. The lowest BCUT2D eigenvalue weighted by molar-refractivity contribution is -0.121. The molecule has 0 saturated carbocycles. The molecule has 1 aromatic rings. The Bertz CT molecular complexity index is 361. The quantitative estimate of drug-likeness (QED) is 0.728. The Morgan fingerprint density at radius 3 is 3.22 bits per heavy atom. The molecule has 0 spiro atoms. The topological polar surface area (TPSA) is 61.4 Å². The summed E-state index contributed by atoms with van der Waals surface area (Å²) >= 11 is 1.55. The number of amides is 1. The first-order chi connectivity index (χ1) is 8.75. The van der Waals surface area contributed by atoms with Gasteiger partial charge in [-0.2, -0.15) is 11.3 Å². The van der Waals surface area contributed by atoms with E-state index >= 15 is 0 Å². The highest BCUT2D eigenvalue weighted by Crippen LogP contribution is 2.16. The number of nitrogens with one attached hydrogen (secondary N) is 2. The van der Waals surface area contributed by atoms with Gasteiger partial charge in [-0.3, -0.25) is 4.79 Å². The Morgan fingerprint density at radius 2 is 2.56 bits per heavy atom. The van der Waals surface area contributed by atoms with Gasteiger partial charge in [-0.15, -0.1) is 0 Å². The first-order valence-electron chi connectivity index (χ1n) is 6.43. The largest absolute Gasteiger partial charge is 0.387 e. The van der Waals surface area contributed by atoms with E-state index < -0.39 is 6.10 Å². The van der Waals surface area contributed by atoms with Gasteiger partial charge in [0.25, 0.3) is 0 Å². The normalized spacial score (nSPS) is 20.8. The number of hydrogen-bond acceptors (Lipinski definition) is 4. The van der Waals surface area contributed by atoms with Crippen LogP contribution in [0.25, 0.3) is 0 Å². The van der Waals surface area contributed by atoms with Crippen molar-refractivity contribution in [2.45, 2.75) is 25.4 Å². The number of carbonyl (C=O) groups is 1. The molecule has 0 radical (unpaired) electrons. The predicted octanol–water partition coefficient (Wildman–Crippen LogP) is 1.29. The van der Waals surface area contributed by atoms with Crippen molar-refractivity contribution in [3.05, 3.63) is 22.4 Å². The monoisotopic (exact) mass is 268 g/mol. The maximum Gasteiger partial charge on any atom is 0.220 e. The summed E-state index contributed by atoms with van der Waals surface area (Å²) < 4.78 is 0. The summed E-state index contributed by atoms with van der Waals surface area (Å²) in [6.07, 6.45) is 2.08. The minimum absolute atomic E-state index is 0.0381. The van der Waals surface area contributed by atoms with E-state index in [2.05, 4.69) is 10.6 Å². The second-order valence-corrected chi connectivity index (χ2v) is 5.55. The Morgan fingerprint density at radius 1 is 1.67 bits per heavy atom. The number of carbonyl (C=O) groups excluding carboxylic acids is 1. The third kappa shape index (κ3) is 4.08. The molecule has 0 aromatic carbocycles. The van der Waals surface area contributed by atoms with E-state index in [-0.39, 0.29) is 5.91 Å². The van der Waals surface area contributed by atoms with Crippen LogP contribution in [0.5, 0.6) is 0 Å². The molecule has 1 saturated heterocycles. The van der Waals surface area contributed by atoms with E-state index in [4.69, 9.17) is 0 Å². The molecule has 2 heterocycles. The van der Waals surface area contributed by atoms with Gasteiger partial charge in [-0.1, -0.05) is 0 Å². The Balaban J connectivity index is 1.62. The lowest BCUT2D eigenvalue weighted by Gasteiger charge is -2.11. The van der Waals surface area contributed by atoms with Gasteiger partial charge in [0.2, 0.25) is 5.91 Å². The lowest BCUT2D eigenvalue weighted by atomic mass is 10.0. The van der Waals surface area contributed by atoms with E-state index in [1.807, 2.05) is 16.8 Å². The van der Waals surface area contributed by atoms with Crippen LogP contribution >= 0.6 is 11.3 Å². The maximum absolute atomic E-state index is 11.6. The summed E-state index contributed by atoms with van der Waals surface area (Å²) in [4.78, 5) is 11.6. The van der Waals surface area contributed by atoms with Crippen molar-refractivity contribution in [2.24, 2.45) is 5.92 Å². The van der Waals surface area contributed by atoms with Crippen molar-refractivity contribution in [3.63, 3.8) is 0 Å². The molecule has 0 aliphatic carbocycles. The van der Waals surface area contributed by atoms with Crippen LogP contribution in [0, 0.1) is 5.92 Å². The molecular weight excluding hydrogens is 248 g/mol. The second-order valence-electron chi connectivity index (χ2n) is 4.77. The standard InChI is InChI=1S/C13H20N2O2S/c16-12(11-4-6-18-9-11)8-15-13(17)2-1-10-3-5-14-7-10/h4,6,9-10,12,14,16H,1-3,5,7-8H2,(H,15,17). The predicted molar refractivity (Wildman–Crippen MR) is 72.5 cm³/mol. The maximum atomic E-state index is 11.6. The van der Waals surface area contributed by atoms with Crippen molar-refractivity contribution >= 4 is 17.2 Å². The van der Waals surface area contributed by atoms with Crippen LogP contribution < -0.4 is 10.6 Å². The minimum Gasteiger partial charge on any atom is -0.387 e. The lowest BCUT2D eigenvalue weighted by Crippen LogP contribution is -2.28. The molecule has 2 unspecified atom stereocenters. The van der Waals surface area contributed by atoms with Crippen molar-refractivity contribution in [1.82, 2.24) is 10.6 Å². The van der Waals surface area contributed by atoms with Crippen LogP contribution in [0.1, 0.15) is 30.9 Å². The first kappa shape index (κ1) is 13.5. The highest BCUT2D eigenvalue weighted by molar-refractivity contribution is 7.07. The number of rotatable bonds is 6. The molecule has 2 rings (SSSR count). The van der Waals surface area contributed by atoms with Crippen LogP contribution in [0.4, 0.5) is 0 Å². The number of aliphatic hydroxyl groups is 1. The average Bonchev–Trinajstić information content (AvgIpc) is 3.05. The van der Waals surface area contributed by atoms with E-state index in [1.165, 1.54) is 6.42 Å². The van der Waals surface area contributed by atoms with Crippen LogP contribution in [-0.4, -0.2) is 30.6 Å². The molecular formula is C13H20N2O2S. The van der Waals surface area contributed by atoms with E-state index in [0.29, 0.717) is 18.9 Å². The fourth-order valence-electron chi connectivity index (χ4n) is 2.18. The van der Waals surface area contributed by atoms with Gasteiger partial charge in [-0.25, -0.2) is 0 Å². The van der Waals surface area contributed by atoms with Crippen molar-refractivity contribution in [3.8, 4) is 0 Å². The molecule has 100 valence electrons. The van der Waals surface area contributed by atoms with E-state index in [9.17, 15) is 9.90 Å². The fraction of sp³-hybridized carbons (Fsp3) is 0.615. The summed E-state index contributed by atoms with van der Waals surface area (Å²) in [5.41, 5.74) is 0.875. The molecule has 1 fully saturated rings. The summed E-state index contributed by atoms with van der Waals surface area (Å²) in [7, 11) is 0. The van der Waals surface area contributed by atoms with E-state index in [1.54, 1.807) is 11.3 Å². The molecule has 3 N–H and O–H groups in total. The van der Waals surface area contributed by atoms with Crippen LogP contribution in [0.2, 0.25) is 0 Å². The van der Waals surface area contributed by atoms with Crippen LogP contribution in [-0.2, 0) is 4.79 Å². The summed E-state index contributed by atoms with van der Waals surface area (Å²) in [6, 6.07) is 1.88. The van der Waals surface area contributed by atoms with Gasteiger partial charge in [0, 0.05) is 13.0 Å². The van der Waals surface area contributed by atoms with Gasteiger partial charge in [0.1, 0.15) is 0 Å². The van der Waals surface area contributed by atoms with Crippen LogP contribution in [0.15, 0.2) is 16.8 Å². The number of aliphatic hydroxyl groups excluding tert-OH is 1. The van der Waals surface area contributed by atoms with Crippen molar-refractivity contribution in [2.75, 3.05) is 19.6 Å². The minimum atomic E-state index is -0.589. The molecule has 1 amide bonds. The molecule has 1 aliphatic rings. The third-order valence-corrected chi connectivity index (χ3v) is 4.06. The highest BCUT2D eigenvalue weighted by Gasteiger charge is 2.16. The zero-order chi connectivity index (χ0) is 12.8. The third-order valence-electron chi connectivity index (χ3n) is 3.36. The molecule has 5 heteroatoms. The van der Waals surface area contributed by atoms with Gasteiger partial charge in [0.15, 0.2) is 0 Å². The SMILES string of the molecule is O=C(CCC1CCNC1)NCC(O)c1ccsc1. The summed E-state index contributed by atoms with van der Waals surface area (Å²) in [5.74, 6) is 0.675. The number of hydrogen-bond donors (Lipinski definition) is 3. The molecule has 2 atom stereocenters. The van der Waals surface area contributed by atoms with Gasteiger partial charge in [0.05, 0.1) is 6.10 Å². The molecule has 0 bridgehead atoms. The zero-order valence-corrected chi connectivity index (χ0v) is 11.2. The summed E-state index contributed by atoms with van der Waals surface area (Å²) in [5, 5.41) is 19.7. The fourth-order valence-corrected chi connectivity index (χ4v) is 2.88. The van der Waals surface area contributed by atoms with Crippen LogP contribution in [0.3, 0.4) is 0 Å². The van der Waals surface area contributed by atoms with Crippen molar-refractivity contribution in [1.29, 1.82) is 0 Å². The van der Waals surface area contributed by atoms with Gasteiger partial charge >= 0.3 is 0 Å². The Labute approximate surface area is 111 Å². The van der Waals surface area contributed by atoms with E-state index in [0.717, 1.165) is 25.1 Å². The Hall–Kier alpha value is -0.910. The zero-order valence-electron chi connectivity index (χ0n) is 10.4. The first-order valence-corrected chi connectivity index (χ1v) is 7.37. The Kier molecular flexibility index (Phi) is 5.16. The molecule has 1 aliphatic heterocycles. The van der Waals surface area contributed by atoms with Gasteiger partial charge in [-0.05, 0) is 54.2 Å². The molecule has 4 nitrogen and oxygen atoms in total. The van der Waals surface area contributed by atoms with Gasteiger partial charge < -0.3 is 15.7 Å².